The Morgan fingerprint density at radius 3 is 2.04 bits per heavy atom. The van der Waals surface area contributed by atoms with Crippen LogP contribution >= 0.6 is 7.82 Å². The maximum absolute atomic E-state index is 11.7. The van der Waals surface area contributed by atoms with Gasteiger partial charge >= 0.3 is 37.4 Å². The quantitative estimate of drug-likeness (QED) is 0.500. The molecule has 0 aromatic heterocycles. The van der Waals surface area contributed by atoms with Gasteiger partial charge in [0, 0.05) is 0 Å². The smallest absolute Gasteiger partial charge is 0.746 e. The Bertz CT molecular complexity index is 738. The normalized spacial score (nSPS) is 12.8. The maximum Gasteiger partial charge on any atom is 1.00 e. The fourth-order valence-corrected chi connectivity index (χ4v) is 3.59. The summed E-state index contributed by atoms with van der Waals surface area (Å²) < 4.78 is 26.7. The minimum absolute atomic E-state index is 0. The first kappa shape index (κ1) is 23.2. The number of phosphoric acid groups is 1. The predicted molar refractivity (Wildman–Crippen MR) is 96.2 cm³/mol. The van der Waals surface area contributed by atoms with Crippen LogP contribution in [0.25, 0.3) is 0 Å². The van der Waals surface area contributed by atoms with Crippen LogP contribution in [-0.4, -0.2) is 13.7 Å². The second-order valence-electron chi connectivity index (χ2n) is 5.86. The van der Waals surface area contributed by atoms with Crippen molar-refractivity contribution in [3.05, 3.63) is 58.7 Å². The van der Waals surface area contributed by atoms with Gasteiger partial charge in [0.2, 0.25) is 0 Å². The molecule has 1 atom stereocenters. The maximum atomic E-state index is 11.7. The van der Waals surface area contributed by atoms with E-state index in [1.165, 1.54) is 5.56 Å². The number of aryl methyl sites for hydroxylation is 4. The van der Waals surface area contributed by atoms with E-state index in [2.05, 4.69) is 4.52 Å². The summed E-state index contributed by atoms with van der Waals surface area (Å²) in [6, 6.07) is 11.9. The molecule has 2 aromatic carbocycles. The Balaban J connectivity index is 0.00000338. The van der Waals surface area contributed by atoms with E-state index >= 15 is 0 Å². The zero-order chi connectivity index (χ0) is 18.4. The monoisotopic (exact) mass is 386 g/mol. The zero-order valence-electron chi connectivity index (χ0n) is 16.1. The predicted octanol–water partition coefficient (Wildman–Crippen LogP) is 0.985. The van der Waals surface area contributed by atoms with Crippen molar-refractivity contribution >= 4 is 7.82 Å². The number of hydrogen-bond donors (Lipinski definition) is 0. The average molecular weight is 386 g/mol. The molecule has 0 bridgehead atoms. The fourth-order valence-electron chi connectivity index (χ4n) is 2.71. The number of phosphoric ester groups is 1. The molecule has 0 aliphatic rings. The molecule has 0 radical (unpaired) electrons. The van der Waals surface area contributed by atoms with E-state index < -0.39 is 7.82 Å². The molecular formula is C19H24NaO5P. The number of methoxy groups -OCH3 is 1. The van der Waals surface area contributed by atoms with Crippen molar-refractivity contribution < 1.29 is 52.8 Å². The van der Waals surface area contributed by atoms with E-state index in [-0.39, 0.29) is 36.2 Å². The molecule has 2 aromatic rings. The topological polar surface area (TPSA) is 67.8 Å². The van der Waals surface area contributed by atoms with E-state index in [1.807, 2.05) is 50.2 Å². The van der Waals surface area contributed by atoms with Crippen LogP contribution < -0.4 is 43.7 Å². The molecule has 2 rings (SSSR count). The summed E-state index contributed by atoms with van der Waals surface area (Å²) in [6.07, 6.45) is 1.75. The van der Waals surface area contributed by atoms with Crippen LogP contribution in [0.15, 0.2) is 36.4 Å². The molecule has 0 aliphatic carbocycles. The number of ether oxygens (including phenoxy) is 1. The van der Waals surface area contributed by atoms with E-state index in [9.17, 15) is 9.46 Å². The van der Waals surface area contributed by atoms with E-state index in [1.54, 1.807) is 14.0 Å². The van der Waals surface area contributed by atoms with Crippen molar-refractivity contribution in [2.75, 3.05) is 13.7 Å². The summed E-state index contributed by atoms with van der Waals surface area (Å²) in [7, 11) is -2.67. The van der Waals surface area contributed by atoms with Crippen LogP contribution in [-0.2, 0) is 21.9 Å². The molecule has 136 valence electrons. The molecule has 5 nitrogen and oxygen atoms in total. The van der Waals surface area contributed by atoms with Crippen LogP contribution in [0.3, 0.4) is 0 Å². The average Bonchev–Trinajstić information content (AvgIpc) is 2.57. The first-order valence-electron chi connectivity index (χ1n) is 8.23. The Morgan fingerprint density at radius 2 is 1.54 bits per heavy atom. The van der Waals surface area contributed by atoms with Gasteiger partial charge in [-0.15, -0.1) is 0 Å². The number of benzene rings is 2. The van der Waals surface area contributed by atoms with Gasteiger partial charge in [-0.3, -0.25) is 4.57 Å². The van der Waals surface area contributed by atoms with Gasteiger partial charge in [0.15, 0.2) is 0 Å². The van der Waals surface area contributed by atoms with Crippen LogP contribution in [0.4, 0.5) is 0 Å². The molecule has 1 unspecified atom stereocenters. The van der Waals surface area contributed by atoms with Gasteiger partial charge in [-0.2, -0.15) is 0 Å². The third-order valence-corrected chi connectivity index (χ3v) is 4.85. The number of hydrogen-bond acceptors (Lipinski definition) is 5. The van der Waals surface area contributed by atoms with Crippen molar-refractivity contribution in [2.45, 2.75) is 33.6 Å². The summed E-state index contributed by atoms with van der Waals surface area (Å²) in [5.74, 6) is 1.19. The second-order valence-corrected chi connectivity index (χ2v) is 7.20. The summed E-state index contributed by atoms with van der Waals surface area (Å²) in [6.45, 7) is 5.34. The molecule has 0 amide bonds. The largest absolute Gasteiger partial charge is 1.00 e. The SMILES string of the molecule is CCOP(=O)([O-])Oc1c(C)cc(CCc2ccc(OC)cc2)cc1C.[Na+]. The van der Waals surface area contributed by atoms with Crippen molar-refractivity contribution in [2.24, 2.45) is 0 Å². The molecule has 0 spiro atoms. The Hall–Kier alpha value is -0.810. The summed E-state index contributed by atoms with van der Waals surface area (Å²) in [5, 5.41) is 0. The fraction of sp³-hybridized carbons (Fsp3) is 0.368. The second kappa shape index (κ2) is 10.5. The molecule has 0 heterocycles. The van der Waals surface area contributed by atoms with Crippen molar-refractivity contribution in [1.29, 1.82) is 0 Å². The van der Waals surface area contributed by atoms with E-state index in [0.29, 0.717) is 5.75 Å². The molecule has 0 fully saturated rings. The first-order valence-corrected chi connectivity index (χ1v) is 9.69. The van der Waals surface area contributed by atoms with Gasteiger partial charge in [0.25, 0.3) is 0 Å². The van der Waals surface area contributed by atoms with Crippen LogP contribution in [0.1, 0.15) is 29.2 Å². The summed E-state index contributed by atoms with van der Waals surface area (Å²) in [5.41, 5.74) is 3.91. The molecule has 0 saturated carbocycles. The molecule has 0 aliphatic heterocycles. The van der Waals surface area contributed by atoms with Gasteiger partial charge in [0.05, 0.1) is 13.7 Å². The number of rotatable bonds is 8. The Morgan fingerprint density at radius 1 is 1.00 bits per heavy atom. The van der Waals surface area contributed by atoms with Crippen LogP contribution in [0, 0.1) is 13.8 Å². The molecule has 0 saturated heterocycles. The van der Waals surface area contributed by atoms with E-state index in [0.717, 1.165) is 35.3 Å². The van der Waals surface area contributed by atoms with Crippen LogP contribution in [0.5, 0.6) is 11.5 Å². The Labute approximate surface area is 177 Å². The van der Waals surface area contributed by atoms with E-state index in [4.69, 9.17) is 9.26 Å². The minimum atomic E-state index is -4.32. The van der Waals surface area contributed by atoms with Gasteiger partial charge in [-0.1, -0.05) is 24.3 Å². The van der Waals surface area contributed by atoms with Crippen molar-refractivity contribution in [1.82, 2.24) is 0 Å². The molecule has 7 heteroatoms. The van der Waals surface area contributed by atoms with Crippen molar-refractivity contribution in [3.63, 3.8) is 0 Å². The molecule has 26 heavy (non-hydrogen) atoms. The summed E-state index contributed by atoms with van der Waals surface area (Å²) >= 11 is 0. The zero-order valence-corrected chi connectivity index (χ0v) is 19.0. The molecule has 0 N–H and O–H groups in total. The van der Waals surface area contributed by atoms with Crippen molar-refractivity contribution in [3.8, 4) is 11.5 Å². The molecular weight excluding hydrogens is 362 g/mol. The first-order chi connectivity index (χ1) is 11.8. The van der Waals surface area contributed by atoms with Crippen LogP contribution in [0.2, 0.25) is 0 Å². The van der Waals surface area contributed by atoms with Gasteiger partial charge < -0.3 is 18.7 Å². The third kappa shape index (κ3) is 6.73. The summed E-state index contributed by atoms with van der Waals surface area (Å²) in [4.78, 5) is 11.7. The van der Waals surface area contributed by atoms with Gasteiger partial charge in [0.1, 0.15) is 11.5 Å². The third-order valence-electron chi connectivity index (χ3n) is 3.87. The van der Waals surface area contributed by atoms with Gasteiger partial charge in [-0.05, 0) is 68.0 Å². The standard InChI is InChI=1S/C19H25O5P.Na/c1-5-23-25(20,21)24-19-14(2)12-17(13-15(19)3)7-6-16-8-10-18(22-4)11-9-16;/h8-13H,5-7H2,1-4H3,(H,20,21);/q;+1/p-1. The van der Waals surface area contributed by atoms with Gasteiger partial charge in [-0.25, -0.2) is 0 Å². The minimum Gasteiger partial charge on any atom is -0.746 e. The Kier molecular flexibility index (Phi) is 9.39.